The number of amides is 2. The molecule has 0 saturated heterocycles. The van der Waals surface area contributed by atoms with Crippen molar-refractivity contribution in [2.24, 2.45) is 5.41 Å². The van der Waals surface area contributed by atoms with Gasteiger partial charge in [-0.05, 0) is 11.1 Å². The number of hydrogen-bond acceptors (Lipinski definition) is 5. The van der Waals surface area contributed by atoms with E-state index < -0.39 is 35.2 Å². The van der Waals surface area contributed by atoms with Crippen molar-refractivity contribution in [1.82, 2.24) is 10.6 Å². The molecule has 0 spiro atoms. The highest BCUT2D eigenvalue weighted by molar-refractivity contribution is 6.36. The van der Waals surface area contributed by atoms with Crippen LogP contribution in [0.25, 0.3) is 0 Å². The predicted octanol–water partition coefficient (Wildman–Crippen LogP) is 1.35. The van der Waals surface area contributed by atoms with Crippen LogP contribution in [0.3, 0.4) is 0 Å². The lowest BCUT2D eigenvalue weighted by atomic mass is 9.87. The van der Waals surface area contributed by atoms with E-state index in [1.807, 2.05) is 60.7 Å². The summed E-state index contributed by atoms with van der Waals surface area (Å²) in [7, 11) is 0. The van der Waals surface area contributed by atoms with Crippen molar-refractivity contribution in [3.63, 3.8) is 0 Å². The first-order valence-electron chi connectivity index (χ1n) is 9.76. The first kappa shape index (κ1) is 23.3. The summed E-state index contributed by atoms with van der Waals surface area (Å²) in [6.45, 7) is 2.63. The van der Waals surface area contributed by atoms with Crippen molar-refractivity contribution in [3.05, 3.63) is 71.8 Å². The fourth-order valence-electron chi connectivity index (χ4n) is 2.81. The molecular weight excluding hydrogens is 384 g/mol. The molecule has 0 fully saturated rings. The zero-order chi connectivity index (χ0) is 22.1. The highest BCUT2D eigenvalue weighted by Gasteiger charge is 2.33. The van der Waals surface area contributed by atoms with Gasteiger partial charge in [-0.2, -0.15) is 0 Å². The summed E-state index contributed by atoms with van der Waals surface area (Å²) in [6, 6.07) is 18.1. The second-order valence-corrected chi connectivity index (χ2v) is 7.74. The minimum absolute atomic E-state index is 0.0923. The first-order chi connectivity index (χ1) is 14.3. The fraction of sp³-hybridized carbons (Fsp3) is 0.348. The predicted molar refractivity (Wildman–Crippen MR) is 112 cm³/mol. The minimum Gasteiger partial charge on any atom is -0.396 e. The van der Waals surface area contributed by atoms with Crippen molar-refractivity contribution < 1.29 is 24.6 Å². The van der Waals surface area contributed by atoms with Crippen molar-refractivity contribution >= 4 is 17.6 Å². The molecule has 2 rings (SSSR count). The van der Waals surface area contributed by atoms with Crippen LogP contribution in [0.15, 0.2) is 60.7 Å². The van der Waals surface area contributed by atoms with Gasteiger partial charge in [0.1, 0.15) is 6.10 Å². The molecule has 1 atom stereocenters. The second-order valence-electron chi connectivity index (χ2n) is 7.74. The Morgan fingerprint density at radius 2 is 1.43 bits per heavy atom. The Labute approximate surface area is 176 Å². The van der Waals surface area contributed by atoms with E-state index in [-0.39, 0.29) is 19.6 Å². The number of aliphatic hydroxyl groups excluding tert-OH is 2. The van der Waals surface area contributed by atoms with Crippen LogP contribution < -0.4 is 10.6 Å². The first-order valence-corrected chi connectivity index (χ1v) is 9.76. The SMILES string of the molecule is CC(C)(CO)C(O)C(=O)NCCC(=O)C(=O)NC(c1ccccc1)c1ccccc1. The Balaban J connectivity index is 1.96. The zero-order valence-electron chi connectivity index (χ0n) is 17.2. The summed E-state index contributed by atoms with van der Waals surface area (Å²) < 4.78 is 0. The molecule has 0 saturated carbocycles. The van der Waals surface area contributed by atoms with Gasteiger partial charge in [0.25, 0.3) is 5.91 Å². The number of ketones is 1. The van der Waals surface area contributed by atoms with Crippen LogP contribution in [0.4, 0.5) is 0 Å². The summed E-state index contributed by atoms with van der Waals surface area (Å²) >= 11 is 0. The summed E-state index contributed by atoms with van der Waals surface area (Å²) in [5, 5.41) is 24.4. The molecule has 2 aromatic rings. The Hall–Kier alpha value is -3.03. The maximum atomic E-state index is 12.5. The largest absolute Gasteiger partial charge is 0.396 e. The van der Waals surface area contributed by atoms with Crippen molar-refractivity contribution in [1.29, 1.82) is 0 Å². The lowest BCUT2D eigenvalue weighted by Crippen LogP contribution is -2.46. The highest BCUT2D eigenvalue weighted by Crippen LogP contribution is 2.22. The van der Waals surface area contributed by atoms with Crippen molar-refractivity contribution in [2.75, 3.05) is 13.2 Å². The lowest BCUT2D eigenvalue weighted by molar-refractivity contribution is -0.139. The maximum absolute atomic E-state index is 12.5. The molecule has 7 heteroatoms. The molecule has 0 aliphatic heterocycles. The van der Waals surface area contributed by atoms with Gasteiger partial charge in [-0.25, -0.2) is 0 Å². The van der Waals surface area contributed by atoms with Crippen molar-refractivity contribution in [3.8, 4) is 0 Å². The number of carbonyl (C=O) groups is 3. The fourth-order valence-corrected chi connectivity index (χ4v) is 2.81. The third kappa shape index (κ3) is 6.23. The molecule has 0 bridgehead atoms. The van der Waals surface area contributed by atoms with Crippen LogP contribution in [0.1, 0.15) is 37.4 Å². The number of Topliss-reactive ketones (excluding diaryl/α,β-unsaturated/α-hetero) is 1. The molecule has 7 nitrogen and oxygen atoms in total. The van der Waals surface area contributed by atoms with E-state index in [1.54, 1.807) is 13.8 Å². The standard InChI is InChI=1S/C23H28N2O5/c1-23(2,15-26)20(28)22(30)24-14-13-18(27)21(29)25-19(16-9-5-3-6-10-16)17-11-7-4-8-12-17/h3-12,19-20,26,28H,13-15H2,1-2H3,(H,24,30)(H,25,29). The molecule has 1 unspecified atom stereocenters. The maximum Gasteiger partial charge on any atom is 0.288 e. The lowest BCUT2D eigenvalue weighted by Gasteiger charge is -2.27. The molecule has 0 radical (unpaired) electrons. The molecule has 0 aliphatic rings. The summed E-state index contributed by atoms with van der Waals surface area (Å²) in [5.41, 5.74) is 0.671. The molecule has 160 valence electrons. The molecule has 0 heterocycles. The molecule has 0 aliphatic carbocycles. The van der Waals surface area contributed by atoms with E-state index in [2.05, 4.69) is 10.6 Å². The average Bonchev–Trinajstić information content (AvgIpc) is 2.77. The van der Waals surface area contributed by atoms with Gasteiger partial charge in [0, 0.05) is 18.4 Å². The number of rotatable bonds is 10. The topological polar surface area (TPSA) is 116 Å². The van der Waals surface area contributed by atoms with E-state index in [1.165, 1.54) is 0 Å². The number of benzene rings is 2. The molecule has 2 amide bonds. The van der Waals surface area contributed by atoms with E-state index in [0.717, 1.165) is 11.1 Å². The van der Waals surface area contributed by atoms with Crippen LogP contribution in [-0.4, -0.2) is 47.1 Å². The monoisotopic (exact) mass is 412 g/mol. The summed E-state index contributed by atoms with van der Waals surface area (Å²) in [5.74, 6) is -2.13. The summed E-state index contributed by atoms with van der Waals surface area (Å²) in [4.78, 5) is 36.7. The van der Waals surface area contributed by atoms with Crippen LogP contribution in [0, 0.1) is 5.41 Å². The second kappa shape index (κ2) is 10.7. The van der Waals surface area contributed by atoms with E-state index in [4.69, 9.17) is 0 Å². The van der Waals surface area contributed by atoms with Gasteiger partial charge in [0.05, 0.1) is 12.6 Å². The normalized spacial score (nSPS) is 12.3. The molecule has 2 aromatic carbocycles. The highest BCUT2D eigenvalue weighted by atomic mass is 16.3. The number of nitrogens with one attached hydrogen (secondary N) is 2. The van der Waals surface area contributed by atoms with E-state index in [9.17, 15) is 24.6 Å². The number of aliphatic hydroxyl groups is 2. The average molecular weight is 412 g/mol. The van der Waals surface area contributed by atoms with Crippen LogP contribution in [0.2, 0.25) is 0 Å². The zero-order valence-corrected chi connectivity index (χ0v) is 17.2. The van der Waals surface area contributed by atoms with Gasteiger partial charge in [-0.15, -0.1) is 0 Å². The van der Waals surface area contributed by atoms with Crippen LogP contribution >= 0.6 is 0 Å². The van der Waals surface area contributed by atoms with E-state index in [0.29, 0.717) is 0 Å². The molecule has 4 N–H and O–H groups in total. The minimum atomic E-state index is -1.42. The van der Waals surface area contributed by atoms with Crippen molar-refractivity contribution in [2.45, 2.75) is 32.4 Å². The number of carbonyl (C=O) groups excluding carboxylic acids is 3. The molecule has 0 aromatic heterocycles. The van der Waals surface area contributed by atoms with Gasteiger partial charge in [0.2, 0.25) is 11.7 Å². The van der Waals surface area contributed by atoms with Gasteiger partial charge >= 0.3 is 0 Å². The van der Waals surface area contributed by atoms with Gasteiger partial charge in [0.15, 0.2) is 0 Å². The third-order valence-electron chi connectivity index (χ3n) is 4.84. The Morgan fingerprint density at radius 3 is 1.90 bits per heavy atom. The Morgan fingerprint density at radius 1 is 0.933 bits per heavy atom. The Bertz CT molecular complexity index is 813. The summed E-state index contributed by atoms with van der Waals surface area (Å²) in [6.07, 6.45) is -1.63. The molecule has 30 heavy (non-hydrogen) atoms. The van der Waals surface area contributed by atoms with Gasteiger partial charge in [-0.1, -0.05) is 74.5 Å². The van der Waals surface area contributed by atoms with Gasteiger partial charge < -0.3 is 20.8 Å². The van der Waals surface area contributed by atoms with Crippen LogP contribution in [-0.2, 0) is 14.4 Å². The van der Waals surface area contributed by atoms with Gasteiger partial charge in [-0.3, -0.25) is 14.4 Å². The number of hydrogen-bond donors (Lipinski definition) is 4. The van der Waals surface area contributed by atoms with E-state index >= 15 is 0 Å². The smallest absolute Gasteiger partial charge is 0.288 e. The molecular formula is C23H28N2O5. The quantitative estimate of drug-likeness (QED) is 0.440. The Kier molecular flexibility index (Phi) is 8.26. The third-order valence-corrected chi connectivity index (χ3v) is 4.84. The van der Waals surface area contributed by atoms with Crippen LogP contribution in [0.5, 0.6) is 0 Å².